The number of carbonyl (C=O) groups is 1. The Bertz CT molecular complexity index is 663. The highest BCUT2D eigenvalue weighted by Gasteiger charge is 2.37. The summed E-state index contributed by atoms with van der Waals surface area (Å²) in [5.41, 5.74) is 6.48. The van der Waals surface area contributed by atoms with E-state index in [1.807, 2.05) is 0 Å². The zero-order valence-electron chi connectivity index (χ0n) is 12.7. The zero-order valence-corrected chi connectivity index (χ0v) is 13.5. The molecule has 3 N–H and O–H groups in total. The molecule has 6 heteroatoms. The number of furan rings is 1. The van der Waals surface area contributed by atoms with Gasteiger partial charge in [-0.3, -0.25) is 4.79 Å². The molecule has 0 unspecified atom stereocenters. The molecule has 1 fully saturated rings. The van der Waals surface area contributed by atoms with Crippen molar-refractivity contribution in [2.45, 2.75) is 37.8 Å². The first-order valence-electron chi connectivity index (χ1n) is 7.49. The summed E-state index contributed by atoms with van der Waals surface area (Å²) in [6.45, 7) is 0.260. The van der Waals surface area contributed by atoms with Gasteiger partial charge in [0.05, 0.1) is 17.6 Å². The topological polar surface area (TPSA) is 68.3 Å². The molecule has 4 nitrogen and oxygen atoms in total. The minimum absolute atomic E-state index is 0. The lowest BCUT2D eigenvalue weighted by atomic mass is 9.88. The van der Waals surface area contributed by atoms with Crippen molar-refractivity contribution in [2.75, 3.05) is 0 Å². The summed E-state index contributed by atoms with van der Waals surface area (Å²) in [6.07, 6.45) is 5.21. The van der Waals surface area contributed by atoms with E-state index in [2.05, 4.69) is 5.32 Å². The van der Waals surface area contributed by atoms with E-state index in [0.717, 1.165) is 31.2 Å². The van der Waals surface area contributed by atoms with Crippen LogP contribution in [0.3, 0.4) is 0 Å². The fourth-order valence-corrected chi connectivity index (χ4v) is 3.13. The summed E-state index contributed by atoms with van der Waals surface area (Å²) < 4.78 is 18.4. The van der Waals surface area contributed by atoms with Crippen molar-refractivity contribution in [3.05, 3.63) is 59.3 Å². The number of nitrogens with one attached hydrogen (secondary N) is 1. The summed E-state index contributed by atoms with van der Waals surface area (Å²) in [4.78, 5) is 12.5. The van der Waals surface area contributed by atoms with Gasteiger partial charge in [-0.1, -0.05) is 25.0 Å². The van der Waals surface area contributed by atoms with E-state index in [9.17, 15) is 9.18 Å². The Balaban J connectivity index is 0.00000192. The highest BCUT2D eigenvalue weighted by molar-refractivity contribution is 5.94. The van der Waals surface area contributed by atoms with Gasteiger partial charge in [-0.05, 0) is 36.6 Å². The second-order valence-electron chi connectivity index (χ2n) is 5.76. The molecule has 124 valence electrons. The molecule has 1 aliphatic carbocycles. The average molecular weight is 339 g/mol. The van der Waals surface area contributed by atoms with Crippen LogP contribution in [0.5, 0.6) is 0 Å². The van der Waals surface area contributed by atoms with Gasteiger partial charge in [-0.2, -0.15) is 0 Å². The van der Waals surface area contributed by atoms with Gasteiger partial charge < -0.3 is 15.5 Å². The molecule has 23 heavy (non-hydrogen) atoms. The quantitative estimate of drug-likeness (QED) is 0.896. The smallest absolute Gasteiger partial charge is 0.255 e. The predicted octanol–water partition coefficient (Wildman–Crippen LogP) is 3.50. The third kappa shape index (κ3) is 3.57. The van der Waals surface area contributed by atoms with Crippen LogP contribution in [0.25, 0.3) is 0 Å². The predicted molar refractivity (Wildman–Crippen MR) is 87.9 cm³/mol. The number of hydrogen-bond acceptors (Lipinski definition) is 3. The molecular formula is C17H20ClFN2O2. The Labute approximate surface area is 140 Å². The molecule has 0 saturated heterocycles. The van der Waals surface area contributed by atoms with Gasteiger partial charge in [0.15, 0.2) is 0 Å². The van der Waals surface area contributed by atoms with Gasteiger partial charge in [0.2, 0.25) is 0 Å². The summed E-state index contributed by atoms with van der Waals surface area (Å²) in [5.74, 6) is 0.118. The maximum Gasteiger partial charge on any atom is 0.255 e. The monoisotopic (exact) mass is 338 g/mol. The molecule has 1 aromatic carbocycles. The number of amides is 1. The van der Waals surface area contributed by atoms with Gasteiger partial charge in [0.25, 0.3) is 5.91 Å². The number of nitrogens with two attached hydrogens (primary N) is 1. The van der Waals surface area contributed by atoms with Crippen LogP contribution in [-0.2, 0) is 12.1 Å². The van der Waals surface area contributed by atoms with Gasteiger partial charge in [0, 0.05) is 0 Å². The summed E-state index contributed by atoms with van der Waals surface area (Å²) in [5, 5.41) is 3.12. The minimum Gasteiger partial charge on any atom is -0.467 e. The standard InChI is InChI=1S/C17H19FN2O2.ClH/c18-14-5-3-13(4-6-14)17(7-1-2-8-17)20-16(21)12-9-15(10-19)22-11-12;/h3-6,9,11H,1-2,7-8,10,19H2,(H,20,21);1H. The first kappa shape index (κ1) is 17.5. The Morgan fingerprint density at radius 1 is 1.26 bits per heavy atom. The molecule has 0 bridgehead atoms. The Hall–Kier alpha value is -1.85. The van der Waals surface area contributed by atoms with Crippen LogP contribution in [0.1, 0.15) is 47.4 Å². The number of hydrogen-bond donors (Lipinski definition) is 2. The molecule has 1 aromatic heterocycles. The van der Waals surface area contributed by atoms with Gasteiger partial charge in [0.1, 0.15) is 17.8 Å². The fourth-order valence-electron chi connectivity index (χ4n) is 3.13. The fraction of sp³-hybridized carbons (Fsp3) is 0.353. The van der Waals surface area contributed by atoms with Crippen LogP contribution >= 0.6 is 12.4 Å². The van der Waals surface area contributed by atoms with Crippen molar-refractivity contribution in [2.24, 2.45) is 5.73 Å². The normalized spacial score (nSPS) is 15.9. The second kappa shape index (κ2) is 7.15. The van der Waals surface area contributed by atoms with Gasteiger partial charge >= 0.3 is 0 Å². The molecule has 3 rings (SSSR count). The molecule has 1 heterocycles. The van der Waals surface area contributed by atoms with Crippen LogP contribution in [0.4, 0.5) is 4.39 Å². The number of carbonyl (C=O) groups excluding carboxylic acids is 1. The van der Waals surface area contributed by atoms with E-state index >= 15 is 0 Å². The van der Waals surface area contributed by atoms with Crippen molar-refractivity contribution in [1.82, 2.24) is 5.32 Å². The maximum atomic E-state index is 13.2. The second-order valence-corrected chi connectivity index (χ2v) is 5.76. The SMILES string of the molecule is Cl.NCc1cc(C(=O)NC2(c3ccc(F)cc3)CCCC2)co1. The Morgan fingerprint density at radius 2 is 1.91 bits per heavy atom. The van der Waals surface area contributed by atoms with Crippen molar-refractivity contribution < 1.29 is 13.6 Å². The number of halogens is 2. The highest BCUT2D eigenvalue weighted by atomic mass is 35.5. The van der Waals surface area contributed by atoms with Crippen molar-refractivity contribution >= 4 is 18.3 Å². The molecule has 1 amide bonds. The Kier molecular flexibility index (Phi) is 5.44. The molecule has 1 saturated carbocycles. The highest BCUT2D eigenvalue weighted by Crippen LogP contribution is 2.39. The van der Waals surface area contributed by atoms with E-state index in [-0.39, 0.29) is 30.7 Å². The van der Waals surface area contributed by atoms with E-state index in [1.165, 1.54) is 18.4 Å². The molecule has 0 atom stereocenters. The Morgan fingerprint density at radius 3 is 2.48 bits per heavy atom. The molecule has 0 spiro atoms. The summed E-state index contributed by atoms with van der Waals surface area (Å²) >= 11 is 0. The third-order valence-electron chi connectivity index (χ3n) is 4.32. The lowest BCUT2D eigenvalue weighted by Crippen LogP contribution is -2.43. The maximum absolute atomic E-state index is 13.2. The average Bonchev–Trinajstić information content (AvgIpc) is 3.17. The van der Waals surface area contributed by atoms with E-state index in [0.29, 0.717) is 11.3 Å². The first-order chi connectivity index (χ1) is 10.6. The van der Waals surface area contributed by atoms with Crippen LogP contribution in [-0.4, -0.2) is 5.91 Å². The molecule has 0 radical (unpaired) electrons. The summed E-state index contributed by atoms with van der Waals surface area (Å²) in [6, 6.07) is 8.03. The zero-order chi connectivity index (χ0) is 15.6. The lowest BCUT2D eigenvalue weighted by molar-refractivity contribution is 0.0897. The largest absolute Gasteiger partial charge is 0.467 e. The molecule has 0 aliphatic heterocycles. The van der Waals surface area contributed by atoms with Gasteiger partial charge in [-0.25, -0.2) is 4.39 Å². The lowest BCUT2D eigenvalue weighted by Gasteiger charge is -2.31. The van der Waals surface area contributed by atoms with Crippen LogP contribution in [0.2, 0.25) is 0 Å². The van der Waals surface area contributed by atoms with Gasteiger partial charge in [-0.15, -0.1) is 12.4 Å². The molecular weight excluding hydrogens is 319 g/mol. The van der Waals surface area contributed by atoms with Crippen molar-refractivity contribution in [3.63, 3.8) is 0 Å². The molecule has 2 aromatic rings. The van der Waals surface area contributed by atoms with Crippen LogP contribution in [0, 0.1) is 5.82 Å². The van der Waals surface area contributed by atoms with E-state index in [4.69, 9.17) is 10.2 Å². The van der Waals surface area contributed by atoms with E-state index < -0.39 is 5.54 Å². The minimum atomic E-state index is -0.426. The van der Waals surface area contributed by atoms with Crippen LogP contribution in [0.15, 0.2) is 41.0 Å². The van der Waals surface area contributed by atoms with E-state index in [1.54, 1.807) is 18.2 Å². The third-order valence-corrected chi connectivity index (χ3v) is 4.32. The van der Waals surface area contributed by atoms with Crippen molar-refractivity contribution in [1.29, 1.82) is 0 Å². The van der Waals surface area contributed by atoms with Crippen LogP contribution < -0.4 is 11.1 Å². The number of rotatable bonds is 4. The van der Waals surface area contributed by atoms with Crippen molar-refractivity contribution in [3.8, 4) is 0 Å². The first-order valence-corrected chi connectivity index (χ1v) is 7.49. The number of benzene rings is 1. The summed E-state index contributed by atoms with van der Waals surface area (Å²) in [7, 11) is 0. The molecule has 1 aliphatic rings.